The number of hydrogen-bond donors (Lipinski definition) is 0. The molecule has 212 valence electrons. The van der Waals surface area contributed by atoms with Gasteiger partial charge in [-0.15, -0.1) is 12.4 Å². The largest absolute Gasteiger partial charge is 0.493 e. The van der Waals surface area contributed by atoms with Crippen LogP contribution in [0.5, 0.6) is 11.5 Å². The minimum absolute atomic E-state index is 0. The average molecular weight is 554 g/mol. The molecule has 1 saturated heterocycles. The fourth-order valence-electron chi connectivity index (χ4n) is 4.54. The molecule has 1 amide bonds. The van der Waals surface area contributed by atoms with Crippen molar-refractivity contribution < 1.29 is 27.8 Å². The van der Waals surface area contributed by atoms with E-state index < -0.39 is 5.60 Å². The van der Waals surface area contributed by atoms with Gasteiger partial charge in [0.05, 0.1) is 13.2 Å². The van der Waals surface area contributed by atoms with Crippen molar-refractivity contribution in [2.75, 3.05) is 26.3 Å². The number of carbonyl (C=O) groups is 1. The first-order valence-corrected chi connectivity index (χ1v) is 13.4. The number of likely N-dealkylation sites (tertiary alicyclic amines) is 1. The standard InChI is InChI=1S/C17H24FNO3.C13H17FO.ClH/c1-17(2,3)22-16(20)19-10-4-5-13(11-19)12-21-15-8-6-14(18)7-9-15;14-12-6-8-13(9-7-12)15-10-11-4-2-1-3-5-11;/h6-9,13H,4-5,10-12H2,1-3H3;6-9,11H,1-5,10H2;1H. The fourth-order valence-corrected chi connectivity index (χ4v) is 4.54. The third-order valence-electron chi connectivity index (χ3n) is 6.49. The summed E-state index contributed by atoms with van der Waals surface area (Å²) in [5, 5.41) is 0. The molecular formula is C30H42ClF2NO4. The van der Waals surface area contributed by atoms with Crippen molar-refractivity contribution in [3.8, 4) is 11.5 Å². The van der Waals surface area contributed by atoms with Crippen LogP contribution in [0, 0.1) is 23.5 Å². The molecule has 0 aromatic heterocycles. The maximum atomic E-state index is 12.8. The van der Waals surface area contributed by atoms with Crippen LogP contribution in [0.15, 0.2) is 48.5 Å². The summed E-state index contributed by atoms with van der Waals surface area (Å²) in [5.41, 5.74) is -0.478. The number of amides is 1. The summed E-state index contributed by atoms with van der Waals surface area (Å²) < 4.78 is 42.2. The van der Waals surface area contributed by atoms with Gasteiger partial charge in [0.2, 0.25) is 0 Å². The third-order valence-corrected chi connectivity index (χ3v) is 6.49. The number of piperidine rings is 1. The van der Waals surface area contributed by atoms with Gasteiger partial charge >= 0.3 is 6.09 Å². The molecule has 1 unspecified atom stereocenters. The molecule has 1 heterocycles. The highest BCUT2D eigenvalue weighted by molar-refractivity contribution is 5.85. The molecule has 2 aromatic rings. The fraction of sp³-hybridized carbons (Fsp3) is 0.567. The lowest BCUT2D eigenvalue weighted by molar-refractivity contribution is 0.0139. The third kappa shape index (κ3) is 11.9. The number of ether oxygens (including phenoxy) is 3. The van der Waals surface area contributed by atoms with E-state index in [9.17, 15) is 13.6 Å². The molecule has 0 bridgehead atoms. The first-order valence-electron chi connectivity index (χ1n) is 13.4. The Kier molecular flexibility index (Phi) is 13.1. The number of halogens is 3. The summed E-state index contributed by atoms with van der Waals surface area (Å²) in [5.74, 6) is 1.91. The molecule has 2 fully saturated rings. The van der Waals surface area contributed by atoms with Gasteiger partial charge in [0, 0.05) is 19.0 Å². The molecule has 2 aromatic carbocycles. The van der Waals surface area contributed by atoms with Crippen LogP contribution in [0.4, 0.5) is 13.6 Å². The molecule has 8 heteroatoms. The molecule has 38 heavy (non-hydrogen) atoms. The maximum absolute atomic E-state index is 12.8. The van der Waals surface area contributed by atoms with E-state index in [2.05, 4.69) is 0 Å². The second kappa shape index (κ2) is 15.8. The van der Waals surface area contributed by atoms with Crippen molar-refractivity contribution in [1.82, 2.24) is 4.90 Å². The normalized spacial score (nSPS) is 17.9. The quantitative estimate of drug-likeness (QED) is 0.363. The monoisotopic (exact) mass is 553 g/mol. The van der Waals surface area contributed by atoms with Gasteiger partial charge in [-0.25, -0.2) is 13.6 Å². The van der Waals surface area contributed by atoms with E-state index in [1.54, 1.807) is 29.2 Å². The van der Waals surface area contributed by atoms with Crippen LogP contribution in [-0.2, 0) is 4.74 Å². The van der Waals surface area contributed by atoms with Crippen LogP contribution in [0.25, 0.3) is 0 Å². The Labute approximate surface area is 232 Å². The van der Waals surface area contributed by atoms with Gasteiger partial charge in [-0.3, -0.25) is 0 Å². The Morgan fingerprint density at radius 3 is 1.76 bits per heavy atom. The predicted octanol–water partition coefficient (Wildman–Crippen LogP) is 8.06. The molecule has 1 aliphatic carbocycles. The van der Waals surface area contributed by atoms with Crippen molar-refractivity contribution in [3.63, 3.8) is 0 Å². The minimum atomic E-state index is -0.478. The summed E-state index contributed by atoms with van der Waals surface area (Å²) in [4.78, 5) is 13.8. The zero-order valence-corrected chi connectivity index (χ0v) is 23.6. The van der Waals surface area contributed by atoms with Crippen molar-refractivity contribution >= 4 is 18.5 Å². The van der Waals surface area contributed by atoms with Crippen molar-refractivity contribution in [2.24, 2.45) is 11.8 Å². The highest BCUT2D eigenvalue weighted by Gasteiger charge is 2.28. The molecule has 4 rings (SSSR count). The van der Waals surface area contributed by atoms with E-state index in [1.807, 2.05) is 20.8 Å². The molecular weight excluding hydrogens is 512 g/mol. The Bertz CT molecular complexity index is 944. The van der Waals surface area contributed by atoms with Crippen molar-refractivity contribution in [1.29, 1.82) is 0 Å². The van der Waals surface area contributed by atoms with E-state index in [0.717, 1.165) is 31.7 Å². The Hall–Kier alpha value is -2.54. The zero-order valence-electron chi connectivity index (χ0n) is 22.8. The summed E-state index contributed by atoms with van der Waals surface area (Å²) in [6, 6.07) is 12.3. The summed E-state index contributed by atoms with van der Waals surface area (Å²) in [7, 11) is 0. The molecule has 2 aliphatic rings. The zero-order chi connectivity index (χ0) is 26.7. The molecule has 1 atom stereocenters. The predicted molar refractivity (Wildman–Crippen MR) is 148 cm³/mol. The van der Waals surface area contributed by atoms with E-state index in [1.165, 1.54) is 56.4 Å². The second-order valence-electron chi connectivity index (χ2n) is 11.0. The number of carbonyl (C=O) groups excluding carboxylic acids is 1. The summed E-state index contributed by atoms with van der Waals surface area (Å²) >= 11 is 0. The van der Waals surface area contributed by atoms with Gasteiger partial charge in [0.15, 0.2) is 0 Å². The minimum Gasteiger partial charge on any atom is -0.493 e. The summed E-state index contributed by atoms with van der Waals surface area (Å²) in [6.07, 6.45) is 8.28. The second-order valence-corrected chi connectivity index (χ2v) is 11.0. The lowest BCUT2D eigenvalue weighted by Gasteiger charge is -2.34. The summed E-state index contributed by atoms with van der Waals surface area (Å²) in [6.45, 7) is 8.26. The van der Waals surface area contributed by atoms with Gasteiger partial charge in [0.25, 0.3) is 0 Å². The number of rotatable bonds is 6. The first-order chi connectivity index (χ1) is 17.7. The molecule has 1 saturated carbocycles. The van der Waals surface area contributed by atoms with E-state index in [4.69, 9.17) is 14.2 Å². The van der Waals surface area contributed by atoms with Gasteiger partial charge in [-0.1, -0.05) is 19.3 Å². The Morgan fingerprint density at radius 1 is 0.789 bits per heavy atom. The Morgan fingerprint density at radius 2 is 1.26 bits per heavy atom. The van der Waals surface area contributed by atoms with Crippen LogP contribution >= 0.6 is 12.4 Å². The molecule has 0 radical (unpaired) electrons. The Balaban J connectivity index is 0.000000277. The first kappa shape index (κ1) is 31.7. The van der Waals surface area contributed by atoms with Gasteiger partial charge in [-0.2, -0.15) is 0 Å². The van der Waals surface area contributed by atoms with Gasteiger partial charge in [-0.05, 0) is 101 Å². The maximum Gasteiger partial charge on any atom is 0.410 e. The molecule has 0 spiro atoms. The molecule has 1 aliphatic heterocycles. The highest BCUT2D eigenvalue weighted by atomic mass is 35.5. The van der Waals surface area contributed by atoms with Gasteiger partial charge in [0.1, 0.15) is 28.7 Å². The number of nitrogens with zero attached hydrogens (tertiary/aromatic N) is 1. The number of benzene rings is 2. The molecule has 5 nitrogen and oxygen atoms in total. The highest BCUT2D eigenvalue weighted by Crippen LogP contribution is 2.25. The van der Waals surface area contributed by atoms with Crippen molar-refractivity contribution in [2.45, 2.75) is 71.3 Å². The SMILES string of the molecule is CC(C)(C)OC(=O)N1CCCC(COc2ccc(F)cc2)C1.Cl.Fc1ccc(OCC2CCCCC2)cc1. The van der Waals surface area contributed by atoms with E-state index >= 15 is 0 Å². The van der Waals surface area contributed by atoms with E-state index in [-0.39, 0.29) is 36.1 Å². The van der Waals surface area contributed by atoms with Crippen LogP contribution < -0.4 is 9.47 Å². The van der Waals surface area contributed by atoms with E-state index in [0.29, 0.717) is 24.8 Å². The topological polar surface area (TPSA) is 48.0 Å². The average Bonchev–Trinajstić information content (AvgIpc) is 2.88. The van der Waals surface area contributed by atoms with Crippen LogP contribution in [0.3, 0.4) is 0 Å². The lowest BCUT2D eigenvalue weighted by atomic mass is 9.90. The number of hydrogen-bond acceptors (Lipinski definition) is 4. The van der Waals surface area contributed by atoms with Gasteiger partial charge < -0.3 is 19.1 Å². The van der Waals surface area contributed by atoms with Crippen LogP contribution in [0.1, 0.15) is 65.7 Å². The van der Waals surface area contributed by atoms with Crippen molar-refractivity contribution in [3.05, 3.63) is 60.2 Å². The lowest BCUT2D eigenvalue weighted by Crippen LogP contribution is -2.44. The van der Waals surface area contributed by atoms with Crippen LogP contribution in [0.2, 0.25) is 0 Å². The molecule has 0 N–H and O–H groups in total. The smallest absolute Gasteiger partial charge is 0.410 e. The van der Waals surface area contributed by atoms with Crippen LogP contribution in [-0.4, -0.2) is 42.9 Å².